The van der Waals surface area contributed by atoms with Gasteiger partial charge in [0.15, 0.2) is 18.7 Å². The van der Waals surface area contributed by atoms with Crippen molar-refractivity contribution in [2.24, 2.45) is 0 Å². The first-order chi connectivity index (χ1) is 11.1. The van der Waals surface area contributed by atoms with Gasteiger partial charge in [-0.3, -0.25) is 14.9 Å². The van der Waals surface area contributed by atoms with Crippen LogP contribution in [0.3, 0.4) is 0 Å². The molecule has 2 heterocycles. The molecule has 0 aliphatic carbocycles. The highest BCUT2D eigenvalue weighted by Crippen LogP contribution is 2.34. The lowest BCUT2D eigenvalue weighted by Gasteiger charge is -2.40. The second-order valence-electron chi connectivity index (χ2n) is 5.18. The van der Waals surface area contributed by atoms with Crippen LogP contribution in [-0.4, -0.2) is 35.8 Å². The quantitative estimate of drug-likeness (QED) is 0.473. The molecule has 1 saturated heterocycles. The summed E-state index contributed by atoms with van der Waals surface area (Å²) in [5, 5.41) is 11.2. The minimum Gasteiger partial charge on any atom is -0.486 e. The van der Waals surface area contributed by atoms with Crippen LogP contribution >= 0.6 is 0 Å². The zero-order valence-corrected chi connectivity index (χ0v) is 12.3. The van der Waals surface area contributed by atoms with Gasteiger partial charge in [-0.25, -0.2) is 0 Å². The van der Waals surface area contributed by atoms with E-state index in [-0.39, 0.29) is 12.3 Å². The minimum absolute atomic E-state index is 0.170. The molecule has 0 spiro atoms. The van der Waals surface area contributed by atoms with Crippen LogP contribution in [0.5, 0.6) is 0 Å². The smallest absolute Gasteiger partial charge is 0.323 e. The molecule has 0 radical (unpaired) electrons. The molecule has 1 fully saturated rings. The third-order valence-corrected chi connectivity index (χ3v) is 3.59. The summed E-state index contributed by atoms with van der Waals surface area (Å²) in [7, 11) is 0. The van der Waals surface area contributed by atoms with Crippen LogP contribution in [0.2, 0.25) is 0 Å². The molecule has 1 aromatic rings. The highest BCUT2D eigenvalue weighted by atomic mass is 16.7. The highest BCUT2D eigenvalue weighted by molar-refractivity contribution is 5.66. The molecule has 23 heavy (non-hydrogen) atoms. The summed E-state index contributed by atoms with van der Waals surface area (Å²) in [6.45, 7) is 1.36. The van der Waals surface area contributed by atoms with Gasteiger partial charge in [0.2, 0.25) is 6.10 Å². The van der Waals surface area contributed by atoms with Crippen LogP contribution in [0.1, 0.15) is 18.8 Å². The summed E-state index contributed by atoms with van der Waals surface area (Å²) in [4.78, 5) is 21.8. The molecule has 0 N–H and O–H groups in total. The number of carbonyl (C=O) groups excluding carboxylic acids is 1. The molecule has 4 atom stereocenters. The lowest BCUT2D eigenvalue weighted by molar-refractivity contribution is -0.448. The largest absolute Gasteiger partial charge is 0.486 e. The van der Waals surface area contributed by atoms with E-state index in [1.807, 2.05) is 30.3 Å². The van der Waals surface area contributed by atoms with Gasteiger partial charge in [0, 0.05) is 12.5 Å². The molecule has 3 rings (SSSR count). The van der Waals surface area contributed by atoms with Gasteiger partial charge in [-0.2, -0.15) is 0 Å². The number of ether oxygens (including phenoxy) is 4. The van der Waals surface area contributed by atoms with E-state index in [2.05, 4.69) is 0 Å². The van der Waals surface area contributed by atoms with Crippen LogP contribution in [0.4, 0.5) is 0 Å². The predicted molar refractivity (Wildman–Crippen MR) is 75.5 cm³/mol. The Morgan fingerprint density at radius 1 is 1.35 bits per heavy atom. The molecule has 0 amide bonds. The normalized spacial score (nSPS) is 29.7. The molecular weight excluding hydrogens is 306 g/mol. The molecule has 2 unspecified atom stereocenters. The topological polar surface area (TPSA) is 97.1 Å². The van der Waals surface area contributed by atoms with Crippen LogP contribution in [0.15, 0.2) is 42.3 Å². The number of hydrogen-bond donors (Lipinski definition) is 0. The molecular formula is C15H15NO7. The molecule has 8 heteroatoms. The van der Waals surface area contributed by atoms with Gasteiger partial charge in [-0.15, -0.1) is 0 Å². The maximum atomic E-state index is 11.3. The van der Waals surface area contributed by atoms with Crippen molar-refractivity contribution in [2.75, 3.05) is 6.61 Å². The third kappa shape index (κ3) is 3.17. The van der Waals surface area contributed by atoms with E-state index >= 15 is 0 Å². The minimum atomic E-state index is -1.14. The number of fused-ring (bicyclic) bond motifs is 1. The van der Waals surface area contributed by atoms with E-state index < -0.39 is 35.5 Å². The number of hydrogen-bond acceptors (Lipinski definition) is 7. The van der Waals surface area contributed by atoms with E-state index in [9.17, 15) is 14.9 Å². The van der Waals surface area contributed by atoms with E-state index in [1.54, 1.807) is 0 Å². The standard InChI is InChI=1S/C15H15NO7/c1-9(17)22-13-11(16(18)19)7-20-12-8-21-15(23-14(12)13)10-5-3-2-4-6-10/h2-7,12-15H,8H2,1H3/t12?,13-,14?,15+/m0/s1. The lowest BCUT2D eigenvalue weighted by Crippen LogP contribution is -2.53. The fourth-order valence-corrected chi connectivity index (χ4v) is 2.56. The van der Waals surface area contributed by atoms with Crippen LogP contribution in [0.25, 0.3) is 0 Å². The van der Waals surface area contributed by atoms with Crippen molar-refractivity contribution < 1.29 is 28.7 Å². The number of nitro groups is 1. The zero-order chi connectivity index (χ0) is 16.4. The second-order valence-corrected chi connectivity index (χ2v) is 5.18. The van der Waals surface area contributed by atoms with Crippen LogP contribution in [-0.2, 0) is 23.7 Å². The van der Waals surface area contributed by atoms with Crippen molar-refractivity contribution in [3.8, 4) is 0 Å². The Labute approximate surface area is 131 Å². The zero-order valence-electron chi connectivity index (χ0n) is 12.3. The van der Waals surface area contributed by atoms with Gasteiger partial charge in [0.25, 0.3) is 0 Å². The average Bonchev–Trinajstić information content (AvgIpc) is 2.55. The number of rotatable bonds is 3. The Morgan fingerprint density at radius 2 is 2.09 bits per heavy atom. The maximum absolute atomic E-state index is 11.3. The lowest BCUT2D eigenvalue weighted by atomic mass is 10.0. The number of nitrogens with zero attached hydrogens (tertiary/aromatic N) is 1. The summed E-state index contributed by atoms with van der Waals surface area (Å²) in [5.74, 6) is -0.630. The van der Waals surface area contributed by atoms with Crippen molar-refractivity contribution in [3.63, 3.8) is 0 Å². The van der Waals surface area contributed by atoms with Gasteiger partial charge >= 0.3 is 11.7 Å². The van der Waals surface area contributed by atoms with Crippen molar-refractivity contribution >= 4 is 5.97 Å². The fraction of sp³-hybridized carbons (Fsp3) is 0.400. The molecule has 122 valence electrons. The second kappa shape index (κ2) is 6.35. The summed E-state index contributed by atoms with van der Waals surface area (Å²) < 4.78 is 21.8. The van der Waals surface area contributed by atoms with Gasteiger partial charge in [0.05, 0.1) is 11.5 Å². The van der Waals surface area contributed by atoms with Crippen molar-refractivity contribution in [2.45, 2.75) is 31.5 Å². The van der Waals surface area contributed by atoms with E-state index in [0.717, 1.165) is 11.8 Å². The Balaban J connectivity index is 1.85. The van der Waals surface area contributed by atoms with Gasteiger partial charge in [0.1, 0.15) is 6.10 Å². The summed E-state index contributed by atoms with van der Waals surface area (Å²) in [5.41, 5.74) is 0.417. The molecule has 1 aromatic carbocycles. The Hall–Kier alpha value is -2.45. The maximum Gasteiger partial charge on any atom is 0.323 e. The van der Waals surface area contributed by atoms with E-state index in [0.29, 0.717) is 0 Å². The summed E-state index contributed by atoms with van der Waals surface area (Å²) >= 11 is 0. The third-order valence-electron chi connectivity index (χ3n) is 3.59. The van der Waals surface area contributed by atoms with Gasteiger partial charge in [-0.1, -0.05) is 30.3 Å². The van der Waals surface area contributed by atoms with E-state index in [4.69, 9.17) is 18.9 Å². The molecule has 2 aliphatic heterocycles. The average molecular weight is 321 g/mol. The predicted octanol–water partition coefficient (Wildman–Crippen LogP) is 1.55. The molecule has 0 saturated carbocycles. The molecule has 0 aromatic heterocycles. The monoisotopic (exact) mass is 321 g/mol. The number of benzene rings is 1. The van der Waals surface area contributed by atoms with Crippen LogP contribution < -0.4 is 0 Å². The first-order valence-corrected chi connectivity index (χ1v) is 7.05. The highest BCUT2D eigenvalue weighted by Gasteiger charge is 2.49. The van der Waals surface area contributed by atoms with E-state index in [1.165, 1.54) is 6.92 Å². The SMILES string of the molecule is CC(=O)O[C@H]1C([N+](=O)[O-])=COC2CO[C@@H](c3ccccc3)OC21. The van der Waals surface area contributed by atoms with Gasteiger partial charge in [-0.05, 0) is 0 Å². The Bertz CT molecular complexity index is 630. The number of esters is 1. The van der Waals surface area contributed by atoms with Gasteiger partial charge < -0.3 is 18.9 Å². The Kier molecular flexibility index (Phi) is 4.26. The first kappa shape index (κ1) is 15.4. The Morgan fingerprint density at radius 3 is 2.74 bits per heavy atom. The van der Waals surface area contributed by atoms with Crippen molar-refractivity contribution in [1.82, 2.24) is 0 Å². The molecule has 0 bridgehead atoms. The number of carbonyl (C=O) groups is 1. The molecule has 2 aliphatic rings. The fourth-order valence-electron chi connectivity index (χ4n) is 2.56. The summed E-state index contributed by atoms with van der Waals surface area (Å²) in [6.07, 6.45) is -2.25. The first-order valence-electron chi connectivity index (χ1n) is 7.05. The summed E-state index contributed by atoms with van der Waals surface area (Å²) in [6, 6.07) is 9.16. The molecule has 8 nitrogen and oxygen atoms in total. The van der Waals surface area contributed by atoms with Crippen LogP contribution in [0, 0.1) is 10.1 Å². The van der Waals surface area contributed by atoms with Crippen molar-refractivity contribution in [1.29, 1.82) is 0 Å². The van der Waals surface area contributed by atoms with Crippen molar-refractivity contribution in [3.05, 3.63) is 58.0 Å².